The van der Waals surface area contributed by atoms with Crippen LogP contribution in [-0.2, 0) is 0 Å². The molecule has 0 fully saturated rings. The molecule has 0 atom stereocenters. The van der Waals surface area contributed by atoms with Crippen LogP contribution in [0.5, 0.6) is 0 Å². The van der Waals surface area contributed by atoms with Crippen LogP contribution in [0.25, 0.3) is 0 Å². The maximum atomic E-state index is 3.91. The standard InChI is InChI=1S/C11H20Si/c1-6-11(7-2)12(8-3,9-4)10-5/h8-11H,3-7H2,1-2H3. The number of hydrogen-bond donors (Lipinski definition) is 0. The molecule has 0 bridgehead atoms. The molecule has 0 nitrogen and oxygen atoms in total. The highest BCUT2D eigenvalue weighted by atomic mass is 28.3. The van der Waals surface area contributed by atoms with E-state index >= 15 is 0 Å². The molecule has 0 radical (unpaired) electrons. The Kier molecular flexibility index (Phi) is 4.91. The summed E-state index contributed by atoms with van der Waals surface area (Å²) < 4.78 is 0. The molecule has 0 aliphatic carbocycles. The first kappa shape index (κ1) is 11.4. The fourth-order valence-electron chi connectivity index (χ4n) is 1.75. The second kappa shape index (κ2) is 5.15. The maximum Gasteiger partial charge on any atom is 0.127 e. The van der Waals surface area contributed by atoms with Crippen molar-refractivity contribution in [2.45, 2.75) is 32.2 Å². The predicted molar refractivity (Wildman–Crippen MR) is 60.7 cm³/mol. The van der Waals surface area contributed by atoms with Crippen LogP contribution in [-0.4, -0.2) is 8.07 Å². The number of rotatable bonds is 6. The zero-order valence-corrected chi connectivity index (χ0v) is 9.34. The molecule has 12 heavy (non-hydrogen) atoms. The monoisotopic (exact) mass is 180 g/mol. The Balaban J connectivity index is 4.77. The Morgan fingerprint density at radius 3 is 1.42 bits per heavy atom. The summed E-state index contributed by atoms with van der Waals surface area (Å²) in [6.45, 7) is 16.2. The normalized spacial score (nSPS) is 11.2. The van der Waals surface area contributed by atoms with Crippen LogP contribution < -0.4 is 0 Å². The first-order valence-corrected chi connectivity index (χ1v) is 6.92. The molecule has 0 aromatic heterocycles. The summed E-state index contributed by atoms with van der Waals surface area (Å²) in [6, 6.07) is 0. The third-order valence-electron chi connectivity index (χ3n) is 2.75. The van der Waals surface area contributed by atoms with Crippen molar-refractivity contribution in [3.8, 4) is 0 Å². The van der Waals surface area contributed by atoms with Gasteiger partial charge in [0.1, 0.15) is 8.07 Å². The third-order valence-corrected chi connectivity index (χ3v) is 7.11. The topological polar surface area (TPSA) is 0 Å². The van der Waals surface area contributed by atoms with Crippen LogP contribution in [0, 0.1) is 0 Å². The molecule has 0 aliphatic rings. The molecule has 0 rings (SSSR count). The molecule has 0 heterocycles. The Hall–Kier alpha value is -0.563. The van der Waals surface area contributed by atoms with E-state index in [1.54, 1.807) is 0 Å². The Morgan fingerprint density at radius 1 is 1.00 bits per heavy atom. The molecule has 0 aromatic rings. The SMILES string of the molecule is C=C[Si](C=C)(C=C)C(CC)CC. The van der Waals surface area contributed by atoms with Gasteiger partial charge >= 0.3 is 0 Å². The lowest BCUT2D eigenvalue weighted by molar-refractivity contribution is 0.748. The molecule has 0 aliphatic heterocycles. The fraction of sp³-hybridized carbons (Fsp3) is 0.455. The average Bonchev–Trinajstić information content (AvgIpc) is 2.14. The summed E-state index contributed by atoms with van der Waals surface area (Å²) in [5.41, 5.74) is 6.99. The van der Waals surface area contributed by atoms with Crippen molar-refractivity contribution in [2.75, 3.05) is 0 Å². The molecule has 0 unspecified atom stereocenters. The van der Waals surface area contributed by atoms with Crippen molar-refractivity contribution in [1.82, 2.24) is 0 Å². The van der Waals surface area contributed by atoms with Crippen molar-refractivity contribution in [1.29, 1.82) is 0 Å². The summed E-state index contributed by atoms with van der Waals surface area (Å²) in [6.07, 6.45) is 2.40. The van der Waals surface area contributed by atoms with Gasteiger partial charge in [0.2, 0.25) is 0 Å². The first-order chi connectivity index (χ1) is 5.70. The molecule has 1 heteroatoms. The van der Waals surface area contributed by atoms with Gasteiger partial charge in [-0.15, -0.1) is 19.7 Å². The van der Waals surface area contributed by atoms with Crippen molar-refractivity contribution in [3.05, 3.63) is 36.8 Å². The molecule has 0 aromatic carbocycles. The second-order valence-electron chi connectivity index (χ2n) is 3.13. The van der Waals surface area contributed by atoms with Crippen molar-refractivity contribution >= 4 is 8.07 Å². The second-order valence-corrected chi connectivity index (χ2v) is 7.17. The van der Waals surface area contributed by atoms with Gasteiger partial charge in [-0.3, -0.25) is 0 Å². The quantitative estimate of drug-likeness (QED) is 0.545. The van der Waals surface area contributed by atoms with E-state index in [0.717, 1.165) is 5.54 Å². The lowest BCUT2D eigenvalue weighted by Gasteiger charge is -2.29. The van der Waals surface area contributed by atoms with E-state index in [4.69, 9.17) is 0 Å². The van der Waals surface area contributed by atoms with Gasteiger partial charge in [0, 0.05) is 0 Å². The van der Waals surface area contributed by atoms with E-state index in [1.165, 1.54) is 12.8 Å². The minimum atomic E-state index is -1.56. The lowest BCUT2D eigenvalue weighted by Crippen LogP contribution is -2.33. The molecular weight excluding hydrogens is 160 g/mol. The van der Waals surface area contributed by atoms with Gasteiger partial charge in [0.05, 0.1) is 0 Å². The zero-order valence-electron chi connectivity index (χ0n) is 8.34. The van der Waals surface area contributed by atoms with Crippen LogP contribution in [0.4, 0.5) is 0 Å². The minimum absolute atomic E-state index is 0.727. The van der Waals surface area contributed by atoms with Crippen LogP contribution in [0.2, 0.25) is 5.54 Å². The zero-order chi connectivity index (χ0) is 9.61. The Morgan fingerprint density at radius 2 is 1.33 bits per heavy atom. The third kappa shape index (κ3) is 1.98. The highest BCUT2D eigenvalue weighted by Crippen LogP contribution is 2.30. The smallest absolute Gasteiger partial charge is 0.106 e. The van der Waals surface area contributed by atoms with Crippen LogP contribution >= 0.6 is 0 Å². The average molecular weight is 180 g/mol. The Bertz CT molecular complexity index is 144. The van der Waals surface area contributed by atoms with Gasteiger partial charge in [-0.1, -0.05) is 43.8 Å². The lowest BCUT2D eigenvalue weighted by atomic mass is 10.3. The first-order valence-electron chi connectivity index (χ1n) is 4.61. The molecule has 0 saturated heterocycles. The van der Waals surface area contributed by atoms with Gasteiger partial charge < -0.3 is 0 Å². The van der Waals surface area contributed by atoms with Crippen LogP contribution in [0.15, 0.2) is 36.8 Å². The largest absolute Gasteiger partial charge is 0.127 e. The van der Waals surface area contributed by atoms with Crippen molar-refractivity contribution in [2.24, 2.45) is 0 Å². The van der Waals surface area contributed by atoms with Crippen LogP contribution in [0.3, 0.4) is 0 Å². The molecule has 0 N–H and O–H groups in total. The van der Waals surface area contributed by atoms with Gasteiger partial charge in [-0.05, 0) is 5.54 Å². The Labute approximate surface area is 77.7 Å². The van der Waals surface area contributed by atoms with Gasteiger partial charge in [-0.2, -0.15) is 0 Å². The van der Waals surface area contributed by atoms with Gasteiger partial charge in [0.25, 0.3) is 0 Å². The van der Waals surface area contributed by atoms with Crippen molar-refractivity contribution in [3.63, 3.8) is 0 Å². The summed E-state index contributed by atoms with van der Waals surface area (Å²) in [5.74, 6) is 0. The summed E-state index contributed by atoms with van der Waals surface area (Å²) >= 11 is 0. The molecule has 0 saturated carbocycles. The maximum absolute atomic E-state index is 3.91. The van der Waals surface area contributed by atoms with Crippen molar-refractivity contribution < 1.29 is 0 Å². The number of hydrogen-bond acceptors (Lipinski definition) is 0. The van der Waals surface area contributed by atoms with E-state index in [-0.39, 0.29) is 0 Å². The molecule has 0 amide bonds. The van der Waals surface area contributed by atoms with Gasteiger partial charge in [0.15, 0.2) is 0 Å². The highest BCUT2D eigenvalue weighted by molar-refractivity contribution is 6.94. The minimum Gasteiger partial charge on any atom is -0.106 e. The van der Waals surface area contributed by atoms with Crippen LogP contribution in [0.1, 0.15) is 26.7 Å². The predicted octanol–water partition coefficient (Wildman–Crippen LogP) is 3.80. The molecule has 0 spiro atoms. The molecule has 68 valence electrons. The van der Waals surface area contributed by atoms with E-state index < -0.39 is 8.07 Å². The van der Waals surface area contributed by atoms with E-state index in [2.05, 4.69) is 50.7 Å². The van der Waals surface area contributed by atoms with E-state index in [0.29, 0.717) is 0 Å². The summed E-state index contributed by atoms with van der Waals surface area (Å²) in [7, 11) is -1.56. The highest BCUT2D eigenvalue weighted by Gasteiger charge is 2.29. The van der Waals surface area contributed by atoms with E-state index in [9.17, 15) is 0 Å². The molecular formula is C11H20Si. The summed E-state index contributed by atoms with van der Waals surface area (Å²) in [4.78, 5) is 0. The van der Waals surface area contributed by atoms with E-state index in [1.807, 2.05) is 0 Å². The summed E-state index contributed by atoms with van der Waals surface area (Å²) in [5, 5.41) is 0. The fourth-order valence-corrected chi connectivity index (χ4v) is 4.66. The van der Waals surface area contributed by atoms with Gasteiger partial charge in [-0.25, -0.2) is 0 Å².